The van der Waals surface area contributed by atoms with Crippen LogP contribution in [0.3, 0.4) is 0 Å². The summed E-state index contributed by atoms with van der Waals surface area (Å²) in [5, 5.41) is 0. The van der Waals surface area contributed by atoms with Crippen molar-refractivity contribution in [3.63, 3.8) is 0 Å². The molecule has 2 atom stereocenters. The van der Waals surface area contributed by atoms with E-state index >= 15 is 0 Å². The van der Waals surface area contributed by atoms with Gasteiger partial charge >= 0.3 is 0 Å². The van der Waals surface area contributed by atoms with Crippen molar-refractivity contribution in [3.05, 3.63) is 155 Å². The van der Waals surface area contributed by atoms with Gasteiger partial charge in [-0.3, -0.25) is 19.9 Å². The summed E-state index contributed by atoms with van der Waals surface area (Å²) < 4.78 is 18.0. The summed E-state index contributed by atoms with van der Waals surface area (Å²) in [6.45, 7) is 4.53. The van der Waals surface area contributed by atoms with Gasteiger partial charge in [0, 0.05) is 11.1 Å². The average molecular weight is 791 g/mol. The molecule has 2 aromatic heterocycles. The lowest BCUT2D eigenvalue weighted by Gasteiger charge is -2.25. The van der Waals surface area contributed by atoms with Gasteiger partial charge in [0.2, 0.25) is 0 Å². The Labute approximate surface area is 352 Å². The summed E-state index contributed by atoms with van der Waals surface area (Å²) in [4.78, 5) is 19.8. The van der Waals surface area contributed by atoms with Gasteiger partial charge in [-0.2, -0.15) is 0 Å². The molecule has 7 nitrogen and oxygen atoms in total. The second-order valence-electron chi connectivity index (χ2n) is 15.5. The first-order valence-electron chi connectivity index (χ1n) is 21.8. The van der Waals surface area contributed by atoms with Crippen molar-refractivity contribution in [2.24, 2.45) is 0 Å². The lowest BCUT2D eigenvalue weighted by atomic mass is 9.99. The monoisotopic (exact) mass is 790 g/mol. The van der Waals surface area contributed by atoms with Crippen molar-refractivity contribution in [2.45, 2.75) is 116 Å². The summed E-state index contributed by atoms with van der Waals surface area (Å²) in [6.07, 6.45) is 23.8. The Balaban J connectivity index is 1.30. The topological polar surface area (TPSA) is 79.2 Å². The maximum Gasteiger partial charge on any atom is 0.127 e. The normalized spacial score (nSPS) is 12.3. The van der Waals surface area contributed by atoms with E-state index in [-0.39, 0.29) is 0 Å². The number of nitrogens with zero attached hydrogens (tertiary/aromatic N) is 4. The highest BCUT2D eigenvalue weighted by atomic mass is 16.5. The highest BCUT2D eigenvalue weighted by Crippen LogP contribution is 2.36. The third-order valence-electron chi connectivity index (χ3n) is 11.1. The average Bonchev–Trinajstić information content (AvgIpc) is 3.30. The van der Waals surface area contributed by atoms with Gasteiger partial charge in [0.1, 0.15) is 23.7 Å². The molecular weight excluding hydrogens is 729 g/mol. The van der Waals surface area contributed by atoms with Crippen LogP contribution in [0.5, 0.6) is 11.5 Å². The molecule has 0 aliphatic carbocycles. The number of ether oxygens (including phenoxy) is 3. The molecule has 308 valence electrons. The van der Waals surface area contributed by atoms with E-state index in [1.807, 2.05) is 73.3 Å². The van der Waals surface area contributed by atoms with Crippen LogP contribution in [0.4, 0.5) is 0 Å². The Kier molecular flexibility index (Phi) is 17.0. The van der Waals surface area contributed by atoms with Crippen LogP contribution in [-0.4, -0.2) is 34.2 Å². The van der Waals surface area contributed by atoms with Gasteiger partial charge in [-0.15, -0.1) is 0 Å². The molecule has 0 bridgehead atoms. The van der Waals surface area contributed by atoms with Gasteiger partial charge in [0.15, 0.2) is 0 Å². The fraction of sp³-hybridized carbons (Fsp3) is 0.385. The lowest BCUT2D eigenvalue weighted by Crippen LogP contribution is -2.16. The second kappa shape index (κ2) is 23.3. The Bertz CT molecular complexity index is 1910. The Morgan fingerprint density at radius 3 is 1.12 bits per heavy atom. The molecule has 0 saturated carbocycles. The highest BCUT2D eigenvalue weighted by Gasteiger charge is 2.26. The van der Waals surface area contributed by atoms with Gasteiger partial charge in [0.25, 0.3) is 0 Å². The molecule has 2 unspecified atom stereocenters. The van der Waals surface area contributed by atoms with Crippen LogP contribution < -0.4 is 9.47 Å². The molecule has 0 saturated heterocycles. The Hall–Kier alpha value is -5.40. The summed E-state index contributed by atoms with van der Waals surface area (Å²) >= 11 is 0. The second-order valence-corrected chi connectivity index (χ2v) is 15.5. The van der Waals surface area contributed by atoms with E-state index in [1.165, 1.54) is 88.2 Å². The van der Waals surface area contributed by atoms with Crippen LogP contribution in [-0.2, 0) is 17.6 Å². The molecule has 7 heteroatoms. The first-order valence-corrected chi connectivity index (χ1v) is 21.8. The number of benzene rings is 4. The summed E-state index contributed by atoms with van der Waals surface area (Å²) in [5.74, 6) is 1.60. The lowest BCUT2D eigenvalue weighted by molar-refractivity contribution is 0.0258. The fourth-order valence-electron chi connectivity index (χ4n) is 7.48. The van der Waals surface area contributed by atoms with Gasteiger partial charge in [0.05, 0.1) is 61.8 Å². The molecule has 2 heterocycles. The van der Waals surface area contributed by atoms with E-state index in [1.54, 1.807) is 14.2 Å². The van der Waals surface area contributed by atoms with Crippen molar-refractivity contribution in [3.8, 4) is 34.0 Å². The number of rotatable bonds is 24. The van der Waals surface area contributed by atoms with E-state index in [0.29, 0.717) is 0 Å². The molecule has 59 heavy (non-hydrogen) atoms. The van der Waals surface area contributed by atoms with Crippen LogP contribution >= 0.6 is 0 Å². The van der Waals surface area contributed by atoms with E-state index in [4.69, 9.17) is 34.1 Å². The van der Waals surface area contributed by atoms with Gasteiger partial charge in [-0.05, 0) is 96.5 Å². The molecule has 4 aromatic carbocycles. The number of aryl methyl sites for hydroxylation is 2. The van der Waals surface area contributed by atoms with Crippen molar-refractivity contribution in [1.82, 2.24) is 19.9 Å². The zero-order chi connectivity index (χ0) is 41.1. The summed E-state index contributed by atoms with van der Waals surface area (Å²) in [5.41, 5.74) is 9.62. The molecule has 0 radical (unpaired) electrons. The van der Waals surface area contributed by atoms with Crippen LogP contribution in [0.25, 0.3) is 22.5 Å². The maximum atomic E-state index is 7.26. The Morgan fingerprint density at radius 2 is 0.780 bits per heavy atom. The summed E-state index contributed by atoms with van der Waals surface area (Å²) in [6, 6.07) is 33.5. The zero-order valence-corrected chi connectivity index (χ0v) is 35.6. The van der Waals surface area contributed by atoms with Crippen LogP contribution in [0.2, 0.25) is 0 Å². The molecule has 6 aromatic rings. The quantitative estimate of drug-likeness (QED) is 0.0565. The number of hydrogen-bond donors (Lipinski definition) is 0. The first-order chi connectivity index (χ1) is 29.1. The molecular formula is C52H62N4O3. The van der Waals surface area contributed by atoms with Crippen molar-refractivity contribution in [1.29, 1.82) is 0 Å². The molecule has 6 rings (SSSR count). The van der Waals surface area contributed by atoms with Gasteiger partial charge in [-0.1, -0.05) is 127 Å². The Morgan fingerprint density at radius 1 is 0.407 bits per heavy atom. The largest absolute Gasteiger partial charge is 0.497 e. The van der Waals surface area contributed by atoms with Gasteiger partial charge in [-0.25, -0.2) is 0 Å². The predicted molar refractivity (Wildman–Crippen MR) is 240 cm³/mol. The molecule has 0 N–H and O–H groups in total. The van der Waals surface area contributed by atoms with Gasteiger partial charge < -0.3 is 14.2 Å². The predicted octanol–water partition coefficient (Wildman–Crippen LogP) is 13.3. The minimum Gasteiger partial charge on any atom is -0.497 e. The minimum atomic E-state index is -0.522. The third-order valence-corrected chi connectivity index (χ3v) is 11.1. The SMILES string of the molecule is CCCCCCCCc1ccc(C(OC(c2ccc(CCCCCCCC)cc2)c2cnc(-c3ccc(OC)cc3)cn2)c2cnc(-c3ccc(OC)cc3)cn2)cc1. The van der Waals surface area contributed by atoms with Crippen LogP contribution in [0, 0.1) is 0 Å². The number of hydrogen-bond acceptors (Lipinski definition) is 7. The van der Waals surface area contributed by atoms with E-state index in [2.05, 4.69) is 62.4 Å². The fourth-order valence-corrected chi connectivity index (χ4v) is 7.48. The smallest absolute Gasteiger partial charge is 0.127 e. The number of unbranched alkanes of at least 4 members (excludes halogenated alkanes) is 10. The third kappa shape index (κ3) is 12.8. The summed E-state index contributed by atoms with van der Waals surface area (Å²) in [7, 11) is 3.34. The molecule has 0 fully saturated rings. The van der Waals surface area contributed by atoms with E-state index in [9.17, 15) is 0 Å². The standard InChI is InChI=1S/C52H62N4O3/c1-5-7-9-11-13-15-17-39-19-23-43(24-20-39)51(49-37-53-47(35-55-49)41-27-31-45(57-3)32-28-41)59-52(44-25-21-40(22-26-44)18-16-14-12-10-8-6-2)50-38-54-48(36-56-50)42-29-33-46(58-4)34-30-42/h19-38,51-52H,5-18H2,1-4H3. The highest BCUT2D eigenvalue weighted by molar-refractivity contribution is 5.60. The van der Waals surface area contributed by atoms with Crippen molar-refractivity contribution < 1.29 is 14.2 Å². The van der Waals surface area contributed by atoms with Crippen molar-refractivity contribution in [2.75, 3.05) is 14.2 Å². The maximum absolute atomic E-state index is 7.26. The van der Waals surface area contributed by atoms with E-state index in [0.717, 1.165) is 69.4 Å². The first kappa shape index (κ1) is 43.2. The van der Waals surface area contributed by atoms with Crippen molar-refractivity contribution >= 4 is 0 Å². The minimum absolute atomic E-state index is 0.522. The molecule has 0 spiro atoms. The zero-order valence-electron chi connectivity index (χ0n) is 35.6. The molecule has 0 amide bonds. The van der Waals surface area contributed by atoms with E-state index < -0.39 is 12.2 Å². The molecule has 0 aliphatic heterocycles. The van der Waals surface area contributed by atoms with Crippen LogP contribution in [0.1, 0.15) is 137 Å². The van der Waals surface area contributed by atoms with Crippen LogP contribution in [0.15, 0.2) is 122 Å². The molecule has 0 aliphatic rings. The number of aromatic nitrogens is 4. The number of methoxy groups -OCH3 is 2.